The molecule has 1 heterocycles. The maximum absolute atomic E-state index is 9.42. The van der Waals surface area contributed by atoms with Crippen LogP contribution in [0.3, 0.4) is 0 Å². The molecule has 0 N–H and O–H groups in total. The molecule has 0 unspecified atom stereocenters. The van der Waals surface area contributed by atoms with E-state index in [2.05, 4.69) is 151 Å². The van der Waals surface area contributed by atoms with E-state index in [1.165, 1.54) is 71.6 Å². The van der Waals surface area contributed by atoms with Crippen LogP contribution in [0.1, 0.15) is 27.8 Å². The van der Waals surface area contributed by atoms with Gasteiger partial charge in [-0.1, -0.05) is 133 Å². The quantitative estimate of drug-likeness (QED) is 0.200. The zero-order valence-electron chi connectivity index (χ0n) is 25.4. The fourth-order valence-corrected chi connectivity index (χ4v) is 8.49. The van der Waals surface area contributed by atoms with Gasteiger partial charge in [0, 0.05) is 18.0 Å². The molecular formula is C45H26N2. The van der Waals surface area contributed by atoms with Gasteiger partial charge in [0.05, 0.1) is 11.0 Å². The Morgan fingerprint density at radius 2 is 1.06 bits per heavy atom. The number of pyridine rings is 1. The zero-order chi connectivity index (χ0) is 31.1. The molecule has 0 radical (unpaired) electrons. The van der Waals surface area contributed by atoms with Crippen molar-refractivity contribution in [3.8, 4) is 50.6 Å². The lowest BCUT2D eigenvalue weighted by molar-refractivity contribution is 0.795. The second-order valence-electron chi connectivity index (χ2n) is 12.6. The minimum atomic E-state index is -0.440. The van der Waals surface area contributed by atoms with Gasteiger partial charge in [0.2, 0.25) is 0 Å². The molecule has 216 valence electrons. The van der Waals surface area contributed by atoms with Crippen molar-refractivity contribution in [3.63, 3.8) is 0 Å². The van der Waals surface area contributed by atoms with Crippen LogP contribution in [0, 0.1) is 11.3 Å². The Balaban J connectivity index is 1.32. The smallest absolute Gasteiger partial charge is 0.101 e. The van der Waals surface area contributed by atoms with Crippen LogP contribution < -0.4 is 0 Å². The minimum Gasteiger partial charge on any atom is -0.263 e. The van der Waals surface area contributed by atoms with Crippen LogP contribution in [0.15, 0.2) is 158 Å². The molecule has 1 spiro atoms. The molecule has 2 heteroatoms. The standard InChI is InChI=1S/C45H26N2/c46-25-28-23-32(27-47-26-28)29-17-19-31(20-18-29)38-24-42-44(37-14-4-3-11-34(37)38)43-33-10-2-1-9-30(33)21-22-41(43)45(42)39-15-7-5-12-35(39)36-13-6-8-16-40(36)45/h1-24,26-27H. The van der Waals surface area contributed by atoms with Crippen molar-refractivity contribution in [3.05, 3.63) is 186 Å². The highest BCUT2D eigenvalue weighted by Gasteiger charge is 2.52. The van der Waals surface area contributed by atoms with E-state index in [9.17, 15) is 5.26 Å². The van der Waals surface area contributed by atoms with E-state index in [-0.39, 0.29) is 0 Å². The average molecular weight is 595 g/mol. The summed E-state index contributed by atoms with van der Waals surface area (Å²) >= 11 is 0. The summed E-state index contributed by atoms with van der Waals surface area (Å²) in [5, 5.41) is 14.5. The highest BCUT2D eigenvalue weighted by atomic mass is 14.6. The van der Waals surface area contributed by atoms with E-state index in [4.69, 9.17) is 0 Å². The topological polar surface area (TPSA) is 36.7 Å². The van der Waals surface area contributed by atoms with Gasteiger partial charge in [0.25, 0.3) is 0 Å². The highest BCUT2D eigenvalue weighted by molar-refractivity contribution is 6.16. The third-order valence-corrected chi connectivity index (χ3v) is 10.4. The molecule has 10 rings (SSSR count). The van der Waals surface area contributed by atoms with E-state index in [0.717, 1.165) is 16.7 Å². The number of rotatable bonds is 2. The lowest BCUT2D eigenvalue weighted by Crippen LogP contribution is -2.26. The second-order valence-corrected chi connectivity index (χ2v) is 12.6. The Hall–Kier alpha value is -6.30. The first-order valence-electron chi connectivity index (χ1n) is 16.0. The zero-order valence-corrected chi connectivity index (χ0v) is 25.4. The number of aromatic nitrogens is 1. The van der Waals surface area contributed by atoms with Gasteiger partial charge in [-0.2, -0.15) is 5.26 Å². The summed E-state index contributed by atoms with van der Waals surface area (Å²) in [5.74, 6) is 0. The second kappa shape index (κ2) is 9.60. The lowest BCUT2D eigenvalue weighted by Gasteiger charge is -2.31. The SMILES string of the molecule is N#Cc1cncc(-c2ccc(-c3cc4c(c5ccccc35)-c3c(ccc5ccccc35)C43c4ccccc4-c4ccccc43)cc2)c1. The Bertz CT molecular complexity index is 2590. The first kappa shape index (κ1) is 26.0. The van der Waals surface area contributed by atoms with Crippen LogP contribution in [0.2, 0.25) is 0 Å². The van der Waals surface area contributed by atoms with Crippen molar-refractivity contribution >= 4 is 21.5 Å². The fourth-order valence-electron chi connectivity index (χ4n) is 8.49. The van der Waals surface area contributed by atoms with Crippen LogP contribution in [-0.4, -0.2) is 4.98 Å². The van der Waals surface area contributed by atoms with E-state index in [0.29, 0.717) is 5.56 Å². The molecule has 0 amide bonds. The molecule has 0 aliphatic heterocycles. The third kappa shape index (κ3) is 3.41. The summed E-state index contributed by atoms with van der Waals surface area (Å²) < 4.78 is 0. The van der Waals surface area contributed by atoms with Crippen molar-refractivity contribution in [2.45, 2.75) is 5.41 Å². The van der Waals surface area contributed by atoms with Gasteiger partial charge in [-0.3, -0.25) is 4.98 Å². The number of nitriles is 1. The van der Waals surface area contributed by atoms with Crippen LogP contribution >= 0.6 is 0 Å². The maximum Gasteiger partial charge on any atom is 0.101 e. The van der Waals surface area contributed by atoms with Crippen molar-refractivity contribution in [2.75, 3.05) is 0 Å². The molecule has 0 fully saturated rings. The van der Waals surface area contributed by atoms with Gasteiger partial charge in [-0.25, -0.2) is 0 Å². The van der Waals surface area contributed by atoms with Gasteiger partial charge in [0.1, 0.15) is 6.07 Å². The fraction of sp³-hybridized carbons (Fsp3) is 0.0222. The van der Waals surface area contributed by atoms with E-state index in [1.54, 1.807) is 6.20 Å². The lowest BCUT2D eigenvalue weighted by atomic mass is 9.70. The van der Waals surface area contributed by atoms with E-state index in [1.807, 2.05) is 12.3 Å². The summed E-state index contributed by atoms with van der Waals surface area (Å²) in [6.45, 7) is 0. The molecule has 0 saturated heterocycles. The maximum atomic E-state index is 9.42. The molecule has 0 saturated carbocycles. The number of fused-ring (bicyclic) bond motifs is 14. The number of hydrogen-bond acceptors (Lipinski definition) is 2. The molecule has 2 aliphatic carbocycles. The van der Waals surface area contributed by atoms with Crippen molar-refractivity contribution in [1.82, 2.24) is 4.98 Å². The van der Waals surface area contributed by atoms with Gasteiger partial charge in [0.15, 0.2) is 0 Å². The van der Waals surface area contributed by atoms with Crippen molar-refractivity contribution < 1.29 is 0 Å². The minimum absolute atomic E-state index is 0.440. The van der Waals surface area contributed by atoms with Crippen molar-refractivity contribution in [1.29, 1.82) is 5.26 Å². The molecule has 7 aromatic carbocycles. The Morgan fingerprint density at radius 3 is 1.81 bits per heavy atom. The number of benzene rings is 7. The largest absolute Gasteiger partial charge is 0.263 e. The van der Waals surface area contributed by atoms with E-state index < -0.39 is 5.41 Å². The molecule has 2 nitrogen and oxygen atoms in total. The molecular weight excluding hydrogens is 569 g/mol. The van der Waals surface area contributed by atoms with Crippen molar-refractivity contribution in [2.24, 2.45) is 0 Å². The molecule has 1 aromatic heterocycles. The first-order valence-corrected chi connectivity index (χ1v) is 16.0. The normalized spacial score (nSPS) is 13.3. The van der Waals surface area contributed by atoms with E-state index >= 15 is 0 Å². The summed E-state index contributed by atoms with van der Waals surface area (Å²) in [7, 11) is 0. The predicted octanol–water partition coefficient (Wildman–Crippen LogP) is 10.9. The number of nitrogens with zero attached hydrogens (tertiary/aromatic N) is 2. The van der Waals surface area contributed by atoms with Crippen LogP contribution in [0.5, 0.6) is 0 Å². The van der Waals surface area contributed by atoms with Gasteiger partial charge >= 0.3 is 0 Å². The molecule has 2 aliphatic rings. The van der Waals surface area contributed by atoms with Gasteiger partial charge in [-0.15, -0.1) is 0 Å². The number of hydrogen-bond donors (Lipinski definition) is 0. The van der Waals surface area contributed by atoms with Crippen LogP contribution in [-0.2, 0) is 5.41 Å². The summed E-state index contributed by atoms with van der Waals surface area (Å²) in [4.78, 5) is 4.29. The Morgan fingerprint density at radius 1 is 0.447 bits per heavy atom. The van der Waals surface area contributed by atoms with Crippen LogP contribution in [0.25, 0.3) is 66.1 Å². The molecule has 0 atom stereocenters. The Labute approximate surface area is 272 Å². The summed E-state index contributed by atoms with van der Waals surface area (Å²) in [5.41, 5.74) is 15.1. The first-order chi connectivity index (χ1) is 23.3. The third-order valence-electron chi connectivity index (χ3n) is 10.4. The molecule has 8 aromatic rings. The molecule has 0 bridgehead atoms. The van der Waals surface area contributed by atoms with Gasteiger partial charge < -0.3 is 0 Å². The van der Waals surface area contributed by atoms with Crippen LogP contribution in [0.4, 0.5) is 0 Å². The Kier molecular flexibility index (Phi) is 5.30. The average Bonchev–Trinajstić information content (AvgIpc) is 3.62. The summed E-state index contributed by atoms with van der Waals surface area (Å²) in [6.07, 6.45) is 3.42. The van der Waals surface area contributed by atoms with Gasteiger partial charge in [-0.05, 0) is 94.9 Å². The monoisotopic (exact) mass is 594 g/mol. The predicted molar refractivity (Wildman–Crippen MR) is 191 cm³/mol. The highest BCUT2D eigenvalue weighted by Crippen LogP contribution is 2.65. The summed E-state index contributed by atoms with van der Waals surface area (Å²) in [6, 6.07) is 55.7. The molecule has 47 heavy (non-hydrogen) atoms.